The quantitative estimate of drug-likeness (QED) is 0.495. The summed E-state index contributed by atoms with van der Waals surface area (Å²) >= 11 is 0. The normalized spacial score (nSPS) is 11.2. The molecule has 2 aromatic heterocycles. The van der Waals surface area contributed by atoms with Gasteiger partial charge in [-0.15, -0.1) is 5.10 Å². The number of carbonyl (C=O) groups is 1. The second-order valence-electron chi connectivity index (χ2n) is 5.33. The third-order valence-electron chi connectivity index (χ3n) is 3.69. The number of hydrogen-bond donors (Lipinski definition) is 0. The van der Waals surface area contributed by atoms with E-state index in [9.17, 15) is 4.79 Å². The Bertz CT molecular complexity index is 904. The highest BCUT2D eigenvalue weighted by Gasteiger charge is 2.16. The van der Waals surface area contributed by atoms with E-state index in [-0.39, 0.29) is 6.54 Å². The molecule has 0 fully saturated rings. The second kappa shape index (κ2) is 8.02. The fraction of sp³-hybridized carbons (Fsp3) is 0.167. The van der Waals surface area contributed by atoms with Gasteiger partial charge in [0.15, 0.2) is 5.82 Å². The van der Waals surface area contributed by atoms with Crippen molar-refractivity contribution < 1.29 is 14.3 Å². The standard InChI is InChI=1S/C18H17N5O3/c1-25-16-5-3-13(4-6-16)11-15(18(24)26-2)12-23-17(20-21-22-23)14-7-9-19-10-8-14/h3-11H,12H2,1-2H3/b15-11+. The minimum atomic E-state index is -0.447. The van der Waals surface area contributed by atoms with Crippen molar-refractivity contribution in [1.82, 2.24) is 25.2 Å². The Kier molecular flexibility index (Phi) is 5.33. The van der Waals surface area contributed by atoms with Gasteiger partial charge in [0, 0.05) is 18.0 Å². The minimum absolute atomic E-state index is 0.170. The van der Waals surface area contributed by atoms with Crippen LogP contribution in [0.1, 0.15) is 5.56 Å². The van der Waals surface area contributed by atoms with E-state index in [0.717, 1.165) is 16.9 Å². The molecular formula is C18H17N5O3. The Morgan fingerprint density at radius 2 is 1.85 bits per heavy atom. The molecule has 0 amide bonds. The molecule has 0 spiro atoms. The lowest BCUT2D eigenvalue weighted by Crippen LogP contribution is -2.13. The summed E-state index contributed by atoms with van der Waals surface area (Å²) in [4.78, 5) is 16.2. The van der Waals surface area contributed by atoms with E-state index in [1.807, 2.05) is 24.3 Å². The lowest BCUT2D eigenvalue weighted by atomic mass is 10.1. The number of aromatic nitrogens is 5. The average molecular weight is 351 g/mol. The molecule has 0 radical (unpaired) electrons. The summed E-state index contributed by atoms with van der Waals surface area (Å²) in [5.74, 6) is 0.830. The maximum Gasteiger partial charge on any atom is 0.335 e. The molecule has 0 aliphatic heterocycles. The molecule has 3 aromatic rings. The average Bonchev–Trinajstić information content (AvgIpc) is 3.16. The summed E-state index contributed by atoms with van der Waals surface area (Å²) in [6.07, 6.45) is 5.05. The molecule has 0 aliphatic carbocycles. The zero-order valence-corrected chi connectivity index (χ0v) is 14.4. The van der Waals surface area contributed by atoms with Gasteiger partial charge >= 0.3 is 5.97 Å². The third-order valence-corrected chi connectivity index (χ3v) is 3.69. The van der Waals surface area contributed by atoms with Crippen LogP contribution in [-0.2, 0) is 16.1 Å². The van der Waals surface area contributed by atoms with E-state index >= 15 is 0 Å². The summed E-state index contributed by atoms with van der Waals surface area (Å²) in [5, 5.41) is 11.7. The molecule has 26 heavy (non-hydrogen) atoms. The number of rotatable bonds is 6. The fourth-order valence-electron chi connectivity index (χ4n) is 2.38. The van der Waals surface area contributed by atoms with Crippen LogP contribution in [0.2, 0.25) is 0 Å². The van der Waals surface area contributed by atoms with E-state index < -0.39 is 5.97 Å². The van der Waals surface area contributed by atoms with E-state index in [0.29, 0.717) is 11.4 Å². The molecule has 132 valence electrons. The smallest absolute Gasteiger partial charge is 0.335 e. The first-order chi connectivity index (χ1) is 12.7. The first-order valence-corrected chi connectivity index (χ1v) is 7.80. The van der Waals surface area contributed by atoms with Crippen LogP contribution in [0, 0.1) is 0 Å². The summed E-state index contributed by atoms with van der Waals surface area (Å²) < 4.78 is 11.6. The second-order valence-corrected chi connectivity index (χ2v) is 5.33. The molecule has 2 heterocycles. The molecule has 0 bridgehead atoms. The largest absolute Gasteiger partial charge is 0.497 e. The monoisotopic (exact) mass is 351 g/mol. The molecule has 0 saturated carbocycles. The van der Waals surface area contributed by atoms with Gasteiger partial charge in [-0.05, 0) is 46.3 Å². The predicted octanol–water partition coefficient (Wildman–Crippen LogP) is 2.00. The van der Waals surface area contributed by atoms with Crippen molar-refractivity contribution in [3.05, 3.63) is 59.9 Å². The van der Waals surface area contributed by atoms with Crippen LogP contribution in [0.5, 0.6) is 5.75 Å². The fourth-order valence-corrected chi connectivity index (χ4v) is 2.38. The van der Waals surface area contributed by atoms with E-state index in [1.54, 1.807) is 42.4 Å². The molecular weight excluding hydrogens is 334 g/mol. The number of ether oxygens (including phenoxy) is 2. The van der Waals surface area contributed by atoms with Crippen LogP contribution in [0.15, 0.2) is 54.4 Å². The molecule has 8 heteroatoms. The summed E-state index contributed by atoms with van der Waals surface area (Å²) in [7, 11) is 2.94. The SMILES string of the molecule is COC(=O)/C(=C/c1ccc(OC)cc1)Cn1nnnc1-c1ccncc1. The van der Waals surface area contributed by atoms with Crippen LogP contribution in [0.3, 0.4) is 0 Å². The van der Waals surface area contributed by atoms with Gasteiger partial charge < -0.3 is 9.47 Å². The van der Waals surface area contributed by atoms with Gasteiger partial charge in [0.25, 0.3) is 0 Å². The van der Waals surface area contributed by atoms with Gasteiger partial charge in [0.05, 0.1) is 26.3 Å². The zero-order chi connectivity index (χ0) is 18.4. The lowest BCUT2D eigenvalue weighted by Gasteiger charge is -2.08. The molecule has 0 N–H and O–H groups in total. The van der Waals surface area contributed by atoms with Crippen LogP contribution >= 0.6 is 0 Å². The van der Waals surface area contributed by atoms with Crippen molar-refractivity contribution in [3.63, 3.8) is 0 Å². The maximum atomic E-state index is 12.2. The van der Waals surface area contributed by atoms with Crippen LogP contribution < -0.4 is 4.74 Å². The summed E-state index contributed by atoms with van der Waals surface area (Å²) in [6, 6.07) is 10.9. The molecule has 0 aliphatic rings. The Balaban J connectivity index is 1.92. The number of tetrazole rings is 1. The molecule has 0 unspecified atom stereocenters. The number of benzene rings is 1. The summed E-state index contributed by atoms with van der Waals surface area (Å²) in [5.41, 5.74) is 2.06. The van der Waals surface area contributed by atoms with E-state index in [4.69, 9.17) is 9.47 Å². The summed E-state index contributed by atoms with van der Waals surface area (Å²) in [6.45, 7) is 0.170. The van der Waals surface area contributed by atoms with Gasteiger partial charge in [0.1, 0.15) is 5.75 Å². The topological polar surface area (TPSA) is 92.0 Å². The van der Waals surface area contributed by atoms with Crippen molar-refractivity contribution in [3.8, 4) is 17.1 Å². The van der Waals surface area contributed by atoms with Gasteiger partial charge in [-0.2, -0.15) is 0 Å². The van der Waals surface area contributed by atoms with Gasteiger partial charge in [0.2, 0.25) is 0 Å². The van der Waals surface area contributed by atoms with Gasteiger partial charge in [-0.25, -0.2) is 9.48 Å². The first kappa shape index (κ1) is 17.3. The predicted molar refractivity (Wildman–Crippen MR) is 94.0 cm³/mol. The van der Waals surface area contributed by atoms with Crippen molar-refractivity contribution >= 4 is 12.0 Å². The molecule has 3 rings (SSSR count). The lowest BCUT2D eigenvalue weighted by molar-refractivity contribution is -0.136. The molecule has 1 aromatic carbocycles. The van der Waals surface area contributed by atoms with E-state index in [2.05, 4.69) is 20.5 Å². The molecule has 0 saturated heterocycles. The van der Waals surface area contributed by atoms with Crippen LogP contribution in [0.25, 0.3) is 17.5 Å². The van der Waals surface area contributed by atoms with Crippen molar-refractivity contribution in [2.75, 3.05) is 14.2 Å². The third kappa shape index (κ3) is 3.92. The Hall–Kier alpha value is -3.55. The number of nitrogens with zero attached hydrogens (tertiary/aromatic N) is 5. The maximum absolute atomic E-state index is 12.2. The Morgan fingerprint density at radius 1 is 1.12 bits per heavy atom. The Morgan fingerprint density at radius 3 is 2.50 bits per heavy atom. The number of carbonyl (C=O) groups excluding carboxylic acids is 1. The van der Waals surface area contributed by atoms with Crippen molar-refractivity contribution in [2.24, 2.45) is 0 Å². The highest BCUT2D eigenvalue weighted by Crippen LogP contribution is 2.18. The molecule has 0 atom stereocenters. The van der Waals surface area contributed by atoms with Gasteiger partial charge in [-0.1, -0.05) is 12.1 Å². The first-order valence-electron chi connectivity index (χ1n) is 7.80. The zero-order valence-electron chi connectivity index (χ0n) is 14.4. The van der Waals surface area contributed by atoms with Crippen molar-refractivity contribution in [1.29, 1.82) is 0 Å². The number of esters is 1. The van der Waals surface area contributed by atoms with Crippen molar-refractivity contribution in [2.45, 2.75) is 6.54 Å². The Labute approximate surface area is 150 Å². The van der Waals surface area contributed by atoms with Gasteiger partial charge in [-0.3, -0.25) is 4.98 Å². The molecule has 8 nitrogen and oxygen atoms in total. The highest BCUT2D eigenvalue weighted by molar-refractivity contribution is 5.93. The highest BCUT2D eigenvalue weighted by atomic mass is 16.5. The van der Waals surface area contributed by atoms with Crippen LogP contribution in [0.4, 0.5) is 0 Å². The van der Waals surface area contributed by atoms with E-state index in [1.165, 1.54) is 7.11 Å². The minimum Gasteiger partial charge on any atom is -0.497 e. The number of methoxy groups -OCH3 is 2. The number of pyridine rings is 1. The van der Waals surface area contributed by atoms with Crippen LogP contribution in [-0.4, -0.2) is 45.4 Å². The number of hydrogen-bond acceptors (Lipinski definition) is 7.